The average molecular weight is 241 g/mol. The highest BCUT2D eigenvalue weighted by molar-refractivity contribution is 5.76. The Labute approximate surface area is 105 Å². The molecule has 1 aliphatic carbocycles. The second-order valence-electron chi connectivity index (χ2n) is 5.80. The zero-order valence-corrected chi connectivity index (χ0v) is 11.6. The molecular formula is C14H27NO2. The van der Waals surface area contributed by atoms with E-state index in [4.69, 9.17) is 4.74 Å². The fourth-order valence-corrected chi connectivity index (χ4v) is 2.41. The molecule has 1 rings (SSSR count). The lowest BCUT2D eigenvalue weighted by atomic mass is 9.91. The van der Waals surface area contributed by atoms with Gasteiger partial charge in [0.2, 0.25) is 0 Å². The summed E-state index contributed by atoms with van der Waals surface area (Å²) in [6.45, 7) is 4.59. The van der Waals surface area contributed by atoms with Crippen LogP contribution in [0.15, 0.2) is 0 Å². The van der Waals surface area contributed by atoms with Crippen LogP contribution in [-0.2, 0) is 9.53 Å². The van der Waals surface area contributed by atoms with Crippen LogP contribution in [0, 0.1) is 5.41 Å². The van der Waals surface area contributed by atoms with Crippen molar-refractivity contribution in [2.45, 2.75) is 64.8 Å². The minimum absolute atomic E-state index is 0.129. The van der Waals surface area contributed by atoms with Crippen molar-refractivity contribution in [3.05, 3.63) is 0 Å². The second kappa shape index (κ2) is 7.00. The minimum atomic E-state index is -0.420. The molecule has 0 unspecified atom stereocenters. The highest BCUT2D eigenvalue weighted by atomic mass is 16.5. The van der Waals surface area contributed by atoms with Crippen LogP contribution in [0.5, 0.6) is 0 Å². The summed E-state index contributed by atoms with van der Waals surface area (Å²) in [5.41, 5.74) is -0.420. The number of hydrogen-bond acceptors (Lipinski definition) is 3. The van der Waals surface area contributed by atoms with Gasteiger partial charge in [-0.3, -0.25) is 4.79 Å². The van der Waals surface area contributed by atoms with Crippen LogP contribution in [0.4, 0.5) is 0 Å². The first-order valence-corrected chi connectivity index (χ1v) is 6.88. The maximum Gasteiger partial charge on any atom is 0.312 e. The van der Waals surface area contributed by atoms with E-state index in [1.165, 1.54) is 52.1 Å². The van der Waals surface area contributed by atoms with E-state index in [0.29, 0.717) is 12.6 Å². The van der Waals surface area contributed by atoms with Gasteiger partial charge in [-0.1, -0.05) is 32.1 Å². The monoisotopic (exact) mass is 241 g/mol. The molecule has 1 aliphatic rings. The van der Waals surface area contributed by atoms with Crippen LogP contribution in [0.25, 0.3) is 0 Å². The molecule has 1 saturated carbocycles. The van der Waals surface area contributed by atoms with Gasteiger partial charge in [-0.15, -0.1) is 0 Å². The van der Waals surface area contributed by atoms with Crippen LogP contribution in [0.3, 0.4) is 0 Å². The molecule has 1 fully saturated rings. The van der Waals surface area contributed by atoms with Gasteiger partial charge >= 0.3 is 5.97 Å². The van der Waals surface area contributed by atoms with E-state index in [1.54, 1.807) is 0 Å². The smallest absolute Gasteiger partial charge is 0.312 e. The molecule has 0 bridgehead atoms. The predicted octanol–water partition coefficient (Wildman–Crippen LogP) is 2.89. The molecule has 3 nitrogen and oxygen atoms in total. The number of hydrogen-bond donors (Lipinski definition) is 1. The molecule has 0 aromatic rings. The van der Waals surface area contributed by atoms with Gasteiger partial charge in [0, 0.05) is 12.6 Å². The Morgan fingerprint density at radius 1 is 1.18 bits per heavy atom. The van der Waals surface area contributed by atoms with E-state index in [9.17, 15) is 4.79 Å². The largest absolute Gasteiger partial charge is 0.469 e. The zero-order chi connectivity index (χ0) is 12.7. The van der Waals surface area contributed by atoms with Crippen molar-refractivity contribution in [1.82, 2.24) is 5.32 Å². The quantitative estimate of drug-likeness (QED) is 0.769. The van der Waals surface area contributed by atoms with Crippen LogP contribution in [0.1, 0.15) is 58.8 Å². The van der Waals surface area contributed by atoms with E-state index in [0.717, 1.165) is 0 Å². The molecule has 17 heavy (non-hydrogen) atoms. The summed E-state index contributed by atoms with van der Waals surface area (Å²) < 4.78 is 4.82. The molecule has 0 radical (unpaired) electrons. The summed E-state index contributed by atoms with van der Waals surface area (Å²) >= 11 is 0. The number of esters is 1. The molecule has 0 aliphatic heterocycles. The third kappa shape index (κ3) is 5.07. The van der Waals surface area contributed by atoms with Crippen molar-refractivity contribution in [1.29, 1.82) is 0 Å². The molecule has 0 aromatic carbocycles. The lowest BCUT2D eigenvalue weighted by molar-refractivity contribution is -0.150. The number of carbonyl (C=O) groups is 1. The van der Waals surface area contributed by atoms with Crippen molar-refractivity contribution in [3.63, 3.8) is 0 Å². The Bertz CT molecular complexity index is 230. The van der Waals surface area contributed by atoms with E-state index in [1.807, 2.05) is 13.8 Å². The van der Waals surface area contributed by atoms with Gasteiger partial charge in [0.25, 0.3) is 0 Å². The number of methoxy groups -OCH3 is 1. The standard InChI is InChI=1S/C14H27NO2/c1-14(2,13(16)17-3)11-15-12-9-7-5-4-6-8-10-12/h12,15H,4-11H2,1-3H3. The lowest BCUT2D eigenvalue weighted by Gasteiger charge is -2.27. The minimum Gasteiger partial charge on any atom is -0.469 e. The molecule has 0 aromatic heterocycles. The van der Waals surface area contributed by atoms with Gasteiger partial charge in [0.05, 0.1) is 12.5 Å². The summed E-state index contributed by atoms with van der Waals surface area (Å²) in [7, 11) is 1.46. The first-order valence-electron chi connectivity index (χ1n) is 6.88. The average Bonchev–Trinajstić information content (AvgIpc) is 2.26. The zero-order valence-electron chi connectivity index (χ0n) is 11.6. The Balaban J connectivity index is 2.34. The first-order chi connectivity index (χ1) is 8.06. The normalized spacial score (nSPS) is 19.5. The van der Waals surface area contributed by atoms with Crippen molar-refractivity contribution in [2.75, 3.05) is 13.7 Å². The number of ether oxygens (including phenoxy) is 1. The van der Waals surface area contributed by atoms with Crippen LogP contribution < -0.4 is 5.32 Å². The van der Waals surface area contributed by atoms with E-state index < -0.39 is 5.41 Å². The third-order valence-electron chi connectivity index (χ3n) is 3.68. The van der Waals surface area contributed by atoms with Gasteiger partial charge in [0.1, 0.15) is 0 Å². The Kier molecular flexibility index (Phi) is 5.96. The van der Waals surface area contributed by atoms with Crippen LogP contribution in [0.2, 0.25) is 0 Å². The fraction of sp³-hybridized carbons (Fsp3) is 0.929. The molecule has 0 heterocycles. The summed E-state index contributed by atoms with van der Waals surface area (Å²) in [6, 6.07) is 0.583. The lowest BCUT2D eigenvalue weighted by Crippen LogP contribution is -2.41. The number of nitrogens with one attached hydrogen (secondary N) is 1. The first kappa shape index (κ1) is 14.5. The highest BCUT2D eigenvalue weighted by Gasteiger charge is 2.29. The summed E-state index contributed by atoms with van der Waals surface area (Å²) in [5, 5.41) is 3.54. The Morgan fingerprint density at radius 2 is 1.71 bits per heavy atom. The SMILES string of the molecule is COC(=O)C(C)(C)CNC1CCCCCCC1. The van der Waals surface area contributed by atoms with Gasteiger partial charge < -0.3 is 10.1 Å². The maximum atomic E-state index is 11.6. The van der Waals surface area contributed by atoms with Gasteiger partial charge in [-0.05, 0) is 26.7 Å². The van der Waals surface area contributed by atoms with E-state index in [-0.39, 0.29) is 5.97 Å². The highest BCUT2D eigenvalue weighted by Crippen LogP contribution is 2.20. The van der Waals surface area contributed by atoms with Crippen molar-refractivity contribution in [3.8, 4) is 0 Å². The van der Waals surface area contributed by atoms with Crippen molar-refractivity contribution >= 4 is 5.97 Å². The van der Waals surface area contributed by atoms with Crippen molar-refractivity contribution < 1.29 is 9.53 Å². The Hall–Kier alpha value is -0.570. The molecular weight excluding hydrogens is 214 g/mol. The molecule has 100 valence electrons. The van der Waals surface area contributed by atoms with E-state index in [2.05, 4.69) is 5.32 Å². The predicted molar refractivity (Wildman–Crippen MR) is 69.9 cm³/mol. The van der Waals surface area contributed by atoms with Gasteiger partial charge in [-0.2, -0.15) is 0 Å². The third-order valence-corrected chi connectivity index (χ3v) is 3.68. The molecule has 3 heteroatoms. The molecule has 0 amide bonds. The van der Waals surface area contributed by atoms with Crippen LogP contribution in [-0.4, -0.2) is 25.7 Å². The molecule has 0 spiro atoms. The second-order valence-corrected chi connectivity index (χ2v) is 5.80. The van der Waals surface area contributed by atoms with Gasteiger partial charge in [-0.25, -0.2) is 0 Å². The number of rotatable bonds is 4. The summed E-state index contributed by atoms with van der Waals surface area (Å²) in [6.07, 6.45) is 9.23. The summed E-state index contributed by atoms with van der Waals surface area (Å²) in [5.74, 6) is -0.129. The van der Waals surface area contributed by atoms with Gasteiger partial charge in [0.15, 0.2) is 0 Å². The molecule has 0 atom stereocenters. The molecule has 0 saturated heterocycles. The maximum absolute atomic E-state index is 11.6. The Morgan fingerprint density at radius 3 is 2.24 bits per heavy atom. The van der Waals surface area contributed by atoms with Crippen molar-refractivity contribution in [2.24, 2.45) is 5.41 Å². The topological polar surface area (TPSA) is 38.3 Å². The van der Waals surface area contributed by atoms with E-state index >= 15 is 0 Å². The fourth-order valence-electron chi connectivity index (χ4n) is 2.41. The number of carbonyl (C=O) groups excluding carboxylic acids is 1. The summed E-state index contributed by atoms with van der Waals surface area (Å²) in [4.78, 5) is 11.6. The molecule has 1 N–H and O–H groups in total. The van der Waals surface area contributed by atoms with Crippen LogP contribution >= 0.6 is 0 Å².